The van der Waals surface area contributed by atoms with E-state index in [9.17, 15) is 0 Å². The molecule has 160 valence electrons. The summed E-state index contributed by atoms with van der Waals surface area (Å²) in [5.74, 6) is 2.32. The number of ether oxygens (including phenoxy) is 1. The third kappa shape index (κ3) is 5.10. The molecule has 0 spiro atoms. The summed E-state index contributed by atoms with van der Waals surface area (Å²) in [7, 11) is 0. The summed E-state index contributed by atoms with van der Waals surface area (Å²) in [4.78, 5) is 12.8. The lowest BCUT2D eigenvalue weighted by atomic mass is 10.2. The maximum atomic E-state index is 5.98. The van der Waals surface area contributed by atoms with Crippen LogP contribution in [0.4, 0.5) is 22.9 Å². The van der Waals surface area contributed by atoms with Gasteiger partial charge in [-0.1, -0.05) is 18.7 Å². The van der Waals surface area contributed by atoms with Gasteiger partial charge in [0.25, 0.3) is 0 Å². The molecule has 1 aliphatic heterocycles. The number of anilines is 4. The Balaban J connectivity index is 1.47. The molecule has 31 heavy (non-hydrogen) atoms. The fraction of sp³-hybridized carbons (Fsp3) is 0.217. The number of nitrogens with zero attached hydrogens (tertiary/aromatic N) is 3. The van der Waals surface area contributed by atoms with E-state index in [1.54, 1.807) is 11.8 Å². The second kappa shape index (κ2) is 9.72. The lowest BCUT2D eigenvalue weighted by molar-refractivity contribution is 0.122. The highest BCUT2D eigenvalue weighted by molar-refractivity contribution is 7.98. The third-order valence-corrected chi connectivity index (χ3v) is 5.68. The molecule has 0 saturated carbocycles. The number of nitrogens with one attached hydrogen (secondary N) is 2. The van der Waals surface area contributed by atoms with Gasteiger partial charge in [-0.05, 0) is 42.7 Å². The van der Waals surface area contributed by atoms with Crippen LogP contribution in [0, 0.1) is 0 Å². The smallest absolute Gasteiger partial charge is 0.161 e. The first kappa shape index (κ1) is 21.0. The molecule has 0 bridgehead atoms. The Hall–Kier alpha value is -3.23. The predicted molar refractivity (Wildman–Crippen MR) is 130 cm³/mol. The number of para-hydroxylation sites is 2. The lowest BCUT2D eigenvalue weighted by Gasteiger charge is -2.29. The minimum absolute atomic E-state index is 0.640. The Morgan fingerprint density at radius 2 is 1.84 bits per heavy atom. The summed E-state index contributed by atoms with van der Waals surface area (Å²) in [6.07, 6.45) is 3.95. The second-order valence-corrected chi connectivity index (χ2v) is 7.93. The Labute approximate surface area is 186 Å². The Kier molecular flexibility index (Phi) is 6.59. The van der Waals surface area contributed by atoms with Crippen LogP contribution in [0.3, 0.4) is 0 Å². The SMILES string of the molecule is C=C(Nc1ccc(-c2ncc(SC)c(N3CCOCC3)n2)cc1)Nc1ccccc1N. The van der Waals surface area contributed by atoms with Gasteiger partial charge >= 0.3 is 0 Å². The van der Waals surface area contributed by atoms with Crippen LogP contribution in [0.25, 0.3) is 11.4 Å². The maximum Gasteiger partial charge on any atom is 0.161 e. The van der Waals surface area contributed by atoms with Crippen molar-refractivity contribution in [1.82, 2.24) is 9.97 Å². The van der Waals surface area contributed by atoms with E-state index >= 15 is 0 Å². The van der Waals surface area contributed by atoms with Crippen molar-refractivity contribution in [3.63, 3.8) is 0 Å². The first-order valence-corrected chi connectivity index (χ1v) is 11.3. The van der Waals surface area contributed by atoms with Crippen LogP contribution in [0.15, 0.2) is 72.0 Å². The van der Waals surface area contributed by atoms with Gasteiger partial charge in [0.05, 0.1) is 29.5 Å². The summed E-state index contributed by atoms with van der Waals surface area (Å²) in [6, 6.07) is 15.5. The molecule has 8 heteroatoms. The van der Waals surface area contributed by atoms with Crippen LogP contribution in [0.2, 0.25) is 0 Å². The number of hydrogen-bond donors (Lipinski definition) is 3. The van der Waals surface area contributed by atoms with E-state index < -0.39 is 0 Å². The van der Waals surface area contributed by atoms with Gasteiger partial charge in [0.2, 0.25) is 0 Å². The highest BCUT2D eigenvalue weighted by atomic mass is 32.2. The molecule has 0 atom stereocenters. The molecule has 1 fully saturated rings. The zero-order valence-corrected chi connectivity index (χ0v) is 18.3. The van der Waals surface area contributed by atoms with Crippen molar-refractivity contribution in [1.29, 1.82) is 0 Å². The second-order valence-electron chi connectivity index (χ2n) is 7.08. The molecule has 7 nitrogen and oxygen atoms in total. The molecule has 2 aromatic carbocycles. The van der Waals surface area contributed by atoms with Gasteiger partial charge in [-0.25, -0.2) is 9.97 Å². The number of morpholine rings is 1. The summed E-state index contributed by atoms with van der Waals surface area (Å²) >= 11 is 1.66. The van der Waals surface area contributed by atoms with Gasteiger partial charge in [0, 0.05) is 30.5 Å². The van der Waals surface area contributed by atoms with Crippen molar-refractivity contribution in [2.24, 2.45) is 0 Å². The van der Waals surface area contributed by atoms with Crippen molar-refractivity contribution in [2.45, 2.75) is 4.90 Å². The zero-order valence-electron chi connectivity index (χ0n) is 17.5. The van der Waals surface area contributed by atoms with Gasteiger partial charge in [-0.15, -0.1) is 11.8 Å². The predicted octanol–water partition coefficient (Wildman–Crippen LogP) is 4.28. The van der Waals surface area contributed by atoms with Crippen molar-refractivity contribution in [3.8, 4) is 11.4 Å². The fourth-order valence-electron chi connectivity index (χ4n) is 3.33. The largest absolute Gasteiger partial charge is 0.397 e. The van der Waals surface area contributed by atoms with Gasteiger partial charge in [0.1, 0.15) is 11.6 Å². The molecule has 4 rings (SSSR count). The number of hydrogen-bond acceptors (Lipinski definition) is 8. The topological polar surface area (TPSA) is 88.3 Å². The average molecular weight is 435 g/mol. The van der Waals surface area contributed by atoms with Crippen LogP contribution in [0.5, 0.6) is 0 Å². The van der Waals surface area contributed by atoms with Crippen molar-refractivity contribution in [2.75, 3.05) is 53.8 Å². The molecule has 0 radical (unpaired) electrons. The van der Waals surface area contributed by atoms with Crippen molar-refractivity contribution in [3.05, 3.63) is 67.1 Å². The Morgan fingerprint density at radius 3 is 2.55 bits per heavy atom. The molecule has 1 aromatic heterocycles. The first-order chi connectivity index (χ1) is 15.1. The van der Waals surface area contributed by atoms with Gasteiger partial charge < -0.3 is 26.0 Å². The summed E-state index contributed by atoms with van der Waals surface area (Å²) in [6.45, 7) is 7.16. The van der Waals surface area contributed by atoms with Gasteiger partial charge in [-0.2, -0.15) is 0 Å². The number of rotatable bonds is 7. The van der Waals surface area contributed by atoms with E-state index in [2.05, 4.69) is 27.1 Å². The van der Waals surface area contributed by atoms with Crippen LogP contribution >= 0.6 is 11.8 Å². The molecule has 2 heterocycles. The minimum atomic E-state index is 0.640. The number of aromatic nitrogens is 2. The molecule has 0 unspecified atom stereocenters. The number of benzene rings is 2. The monoisotopic (exact) mass is 434 g/mol. The highest BCUT2D eigenvalue weighted by Gasteiger charge is 2.18. The van der Waals surface area contributed by atoms with Gasteiger partial charge in [-0.3, -0.25) is 0 Å². The average Bonchev–Trinajstić information content (AvgIpc) is 2.81. The van der Waals surface area contributed by atoms with Crippen LogP contribution in [-0.2, 0) is 4.74 Å². The Bertz CT molecular complexity index is 1050. The number of nitrogen functional groups attached to an aromatic ring is 1. The van der Waals surface area contributed by atoms with E-state index in [1.807, 2.05) is 61.0 Å². The normalized spacial score (nSPS) is 13.6. The molecule has 4 N–H and O–H groups in total. The van der Waals surface area contributed by atoms with E-state index in [4.69, 9.17) is 15.5 Å². The minimum Gasteiger partial charge on any atom is -0.397 e. The molecular formula is C23H26N6OS. The quantitative estimate of drug-likeness (QED) is 0.375. The molecular weight excluding hydrogens is 408 g/mol. The summed E-state index contributed by atoms with van der Waals surface area (Å²) < 4.78 is 5.48. The molecule has 1 saturated heterocycles. The lowest BCUT2D eigenvalue weighted by Crippen LogP contribution is -2.37. The molecule has 3 aromatic rings. The van der Waals surface area contributed by atoms with Gasteiger partial charge in [0.15, 0.2) is 5.82 Å². The van der Waals surface area contributed by atoms with E-state index in [0.29, 0.717) is 17.3 Å². The summed E-state index contributed by atoms with van der Waals surface area (Å²) in [5, 5.41) is 6.44. The number of nitrogens with two attached hydrogens (primary N) is 1. The first-order valence-electron chi connectivity index (χ1n) is 10.1. The van der Waals surface area contributed by atoms with Crippen LogP contribution < -0.4 is 21.3 Å². The maximum absolute atomic E-state index is 5.98. The van der Waals surface area contributed by atoms with E-state index in [1.165, 1.54) is 0 Å². The van der Waals surface area contributed by atoms with E-state index in [-0.39, 0.29) is 0 Å². The third-order valence-electron chi connectivity index (χ3n) is 4.95. The molecule has 1 aliphatic rings. The highest BCUT2D eigenvalue weighted by Crippen LogP contribution is 2.29. The molecule has 0 amide bonds. The zero-order chi connectivity index (χ0) is 21.6. The van der Waals surface area contributed by atoms with Crippen molar-refractivity contribution >= 4 is 34.6 Å². The fourth-order valence-corrected chi connectivity index (χ4v) is 3.84. The van der Waals surface area contributed by atoms with E-state index in [0.717, 1.165) is 54.0 Å². The number of thioether (sulfide) groups is 1. The Morgan fingerprint density at radius 1 is 1.10 bits per heavy atom. The van der Waals surface area contributed by atoms with Crippen LogP contribution in [-0.4, -0.2) is 42.5 Å². The summed E-state index contributed by atoms with van der Waals surface area (Å²) in [5.41, 5.74) is 9.32. The van der Waals surface area contributed by atoms with Crippen LogP contribution in [0.1, 0.15) is 0 Å². The standard InChI is InChI=1S/C23H26N6OS/c1-16(27-20-6-4-3-5-19(20)24)26-18-9-7-17(8-10-18)22-25-15-21(31-2)23(28-22)29-11-13-30-14-12-29/h3-10,15,26-27H,1,11-14,24H2,2H3. The van der Waals surface area contributed by atoms with Crippen molar-refractivity contribution < 1.29 is 4.74 Å². The molecule has 0 aliphatic carbocycles.